The SMILES string of the molecule is COc1ccc2c(Oc3ccc(NC(=O)c4c(-c5ccccn5)n(C)n(-c5ccccc5)c4=O)cc3F)ccnc2c1. The number of nitrogens with one attached hydrogen (secondary N) is 1. The summed E-state index contributed by atoms with van der Waals surface area (Å²) in [5.41, 5.74) is 1.45. The van der Waals surface area contributed by atoms with Crippen LogP contribution < -0.4 is 20.3 Å². The molecule has 0 radical (unpaired) electrons. The van der Waals surface area contributed by atoms with E-state index < -0.39 is 17.3 Å². The topological polar surface area (TPSA) is 100 Å². The lowest BCUT2D eigenvalue weighted by Gasteiger charge is -2.12. The standard InChI is InChI=1S/C32H24FN5O4/c1-37-30(25-10-6-7-16-34-25)29(32(40)38(37)21-8-4-3-5-9-21)31(39)36-20-11-14-28(24(33)18-20)42-27-15-17-35-26-19-22(41-2)12-13-23(26)27/h3-19H,1-2H3,(H,36,39). The van der Waals surface area contributed by atoms with Crippen molar-refractivity contribution < 1.29 is 18.7 Å². The Hall–Kier alpha value is -5.77. The van der Waals surface area contributed by atoms with Gasteiger partial charge in [-0.1, -0.05) is 24.3 Å². The summed E-state index contributed by atoms with van der Waals surface area (Å²) >= 11 is 0. The summed E-state index contributed by atoms with van der Waals surface area (Å²) < 4.78 is 29.3. The van der Waals surface area contributed by atoms with E-state index in [0.29, 0.717) is 39.5 Å². The fourth-order valence-electron chi connectivity index (χ4n) is 4.76. The average Bonchev–Trinajstić information content (AvgIpc) is 3.28. The zero-order chi connectivity index (χ0) is 29.2. The van der Waals surface area contributed by atoms with Crippen LogP contribution in [0.5, 0.6) is 17.2 Å². The van der Waals surface area contributed by atoms with Gasteiger partial charge in [0.05, 0.1) is 24.0 Å². The van der Waals surface area contributed by atoms with Gasteiger partial charge in [0.2, 0.25) is 0 Å². The smallest absolute Gasteiger partial charge is 0.285 e. The van der Waals surface area contributed by atoms with Gasteiger partial charge in [-0.3, -0.25) is 24.2 Å². The van der Waals surface area contributed by atoms with Gasteiger partial charge in [-0.05, 0) is 54.6 Å². The minimum Gasteiger partial charge on any atom is -0.497 e. The Morgan fingerprint density at radius 2 is 1.69 bits per heavy atom. The second-order valence-corrected chi connectivity index (χ2v) is 9.31. The average molecular weight is 562 g/mol. The van der Waals surface area contributed by atoms with Crippen LogP contribution in [0.3, 0.4) is 0 Å². The molecular formula is C32H24FN5O4. The number of hydrogen-bond donors (Lipinski definition) is 1. The highest BCUT2D eigenvalue weighted by molar-refractivity contribution is 6.08. The van der Waals surface area contributed by atoms with E-state index >= 15 is 4.39 Å². The Kier molecular flexibility index (Phi) is 6.93. The predicted octanol–water partition coefficient (Wildman–Crippen LogP) is 5.98. The number of methoxy groups -OCH3 is 1. The third-order valence-electron chi connectivity index (χ3n) is 6.72. The van der Waals surface area contributed by atoms with Gasteiger partial charge in [-0.2, -0.15) is 0 Å². The van der Waals surface area contributed by atoms with E-state index in [0.717, 1.165) is 6.07 Å². The largest absolute Gasteiger partial charge is 0.497 e. The van der Waals surface area contributed by atoms with Gasteiger partial charge in [0, 0.05) is 42.6 Å². The number of benzene rings is 3. The second-order valence-electron chi connectivity index (χ2n) is 9.31. The van der Waals surface area contributed by atoms with Gasteiger partial charge in [0.25, 0.3) is 11.5 Å². The van der Waals surface area contributed by atoms with E-state index in [4.69, 9.17) is 9.47 Å². The molecule has 1 amide bonds. The number of carbonyl (C=O) groups is 1. The van der Waals surface area contributed by atoms with Gasteiger partial charge >= 0.3 is 0 Å². The van der Waals surface area contributed by atoms with Crippen LogP contribution in [0.25, 0.3) is 28.0 Å². The van der Waals surface area contributed by atoms with Crippen molar-refractivity contribution in [3.8, 4) is 34.3 Å². The zero-order valence-electron chi connectivity index (χ0n) is 22.6. The quantitative estimate of drug-likeness (QED) is 0.258. The highest BCUT2D eigenvalue weighted by atomic mass is 19.1. The summed E-state index contributed by atoms with van der Waals surface area (Å²) in [6.45, 7) is 0. The lowest BCUT2D eigenvalue weighted by molar-refractivity contribution is 0.102. The highest BCUT2D eigenvalue weighted by Crippen LogP contribution is 2.33. The number of hydrogen-bond acceptors (Lipinski definition) is 6. The Balaban J connectivity index is 1.32. The van der Waals surface area contributed by atoms with Crippen molar-refractivity contribution in [3.63, 3.8) is 0 Å². The fourth-order valence-corrected chi connectivity index (χ4v) is 4.76. The van der Waals surface area contributed by atoms with Gasteiger partial charge in [-0.25, -0.2) is 9.07 Å². The molecule has 0 fully saturated rings. The van der Waals surface area contributed by atoms with Crippen LogP contribution in [-0.4, -0.2) is 32.3 Å². The molecule has 6 aromatic rings. The molecule has 0 bridgehead atoms. The van der Waals surface area contributed by atoms with Crippen LogP contribution in [0.4, 0.5) is 10.1 Å². The number of carbonyl (C=O) groups excluding carboxylic acids is 1. The van der Waals surface area contributed by atoms with Crippen LogP contribution in [-0.2, 0) is 7.05 Å². The summed E-state index contributed by atoms with van der Waals surface area (Å²) in [5, 5.41) is 3.34. The van der Waals surface area contributed by atoms with Crippen LogP contribution >= 0.6 is 0 Å². The van der Waals surface area contributed by atoms with Gasteiger partial charge in [-0.15, -0.1) is 0 Å². The molecule has 0 saturated heterocycles. The highest BCUT2D eigenvalue weighted by Gasteiger charge is 2.27. The number of nitrogens with zero attached hydrogens (tertiary/aromatic N) is 4. The number of aromatic nitrogens is 4. The summed E-state index contributed by atoms with van der Waals surface area (Å²) in [6, 6.07) is 25.2. The van der Waals surface area contributed by atoms with Crippen molar-refractivity contribution in [1.82, 2.24) is 19.3 Å². The van der Waals surface area contributed by atoms with E-state index in [-0.39, 0.29) is 17.0 Å². The van der Waals surface area contributed by atoms with E-state index in [2.05, 4.69) is 15.3 Å². The number of para-hydroxylation sites is 1. The minimum absolute atomic E-state index is 0.0448. The van der Waals surface area contributed by atoms with E-state index in [1.54, 1.807) is 98.0 Å². The first-order valence-electron chi connectivity index (χ1n) is 12.9. The molecule has 0 aliphatic rings. The molecule has 42 heavy (non-hydrogen) atoms. The molecule has 0 unspecified atom stereocenters. The number of fused-ring (bicyclic) bond motifs is 1. The van der Waals surface area contributed by atoms with Gasteiger partial charge < -0.3 is 14.8 Å². The molecule has 1 N–H and O–H groups in total. The van der Waals surface area contributed by atoms with Crippen LogP contribution in [0, 0.1) is 5.82 Å². The summed E-state index contributed by atoms with van der Waals surface area (Å²) in [6.07, 6.45) is 3.14. The molecule has 6 rings (SSSR count). The van der Waals surface area contributed by atoms with Crippen molar-refractivity contribution in [2.75, 3.05) is 12.4 Å². The molecule has 9 nitrogen and oxygen atoms in total. The molecular weight excluding hydrogens is 537 g/mol. The summed E-state index contributed by atoms with van der Waals surface area (Å²) in [7, 11) is 3.24. The maximum absolute atomic E-state index is 15.2. The number of ether oxygens (including phenoxy) is 2. The monoisotopic (exact) mass is 561 g/mol. The van der Waals surface area contributed by atoms with E-state index in [1.165, 1.54) is 16.8 Å². The number of amides is 1. The first kappa shape index (κ1) is 26.5. The molecule has 3 aromatic carbocycles. The minimum atomic E-state index is -0.703. The normalized spacial score (nSPS) is 10.9. The third-order valence-corrected chi connectivity index (χ3v) is 6.72. The fraction of sp³-hybridized carbons (Fsp3) is 0.0625. The Morgan fingerprint density at radius 1 is 0.881 bits per heavy atom. The molecule has 0 atom stereocenters. The lowest BCUT2D eigenvalue weighted by Crippen LogP contribution is -2.25. The maximum atomic E-state index is 15.2. The molecule has 0 aliphatic heterocycles. The van der Waals surface area contributed by atoms with Crippen LogP contribution in [0.2, 0.25) is 0 Å². The molecule has 208 valence electrons. The molecule has 3 aromatic heterocycles. The first-order chi connectivity index (χ1) is 20.4. The number of anilines is 1. The Bertz CT molecular complexity index is 1990. The number of pyridine rings is 2. The van der Waals surface area contributed by atoms with Crippen LogP contribution in [0.1, 0.15) is 10.4 Å². The molecule has 0 aliphatic carbocycles. The second kappa shape index (κ2) is 11.0. The first-order valence-corrected chi connectivity index (χ1v) is 12.9. The van der Waals surface area contributed by atoms with Crippen molar-refractivity contribution in [3.05, 3.63) is 125 Å². The lowest BCUT2D eigenvalue weighted by atomic mass is 10.1. The maximum Gasteiger partial charge on any atom is 0.285 e. The van der Waals surface area contributed by atoms with Crippen molar-refractivity contribution in [2.24, 2.45) is 7.05 Å². The molecule has 3 heterocycles. The third kappa shape index (κ3) is 4.86. The summed E-state index contributed by atoms with van der Waals surface area (Å²) in [5.74, 6) is -0.404. The van der Waals surface area contributed by atoms with Gasteiger partial charge in [0.1, 0.15) is 22.8 Å². The molecule has 0 saturated carbocycles. The van der Waals surface area contributed by atoms with Crippen molar-refractivity contribution >= 4 is 22.5 Å². The Labute approximate surface area is 239 Å². The van der Waals surface area contributed by atoms with Crippen LogP contribution in [0.15, 0.2) is 108 Å². The van der Waals surface area contributed by atoms with Crippen molar-refractivity contribution in [2.45, 2.75) is 0 Å². The van der Waals surface area contributed by atoms with E-state index in [1.807, 2.05) is 6.07 Å². The van der Waals surface area contributed by atoms with Crippen molar-refractivity contribution in [1.29, 1.82) is 0 Å². The Morgan fingerprint density at radius 3 is 2.43 bits per heavy atom. The zero-order valence-corrected chi connectivity index (χ0v) is 22.6. The number of rotatable bonds is 7. The molecule has 0 spiro atoms. The number of halogens is 1. The predicted molar refractivity (Wildman–Crippen MR) is 157 cm³/mol. The molecule has 10 heteroatoms. The summed E-state index contributed by atoms with van der Waals surface area (Å²) in [4.78, 5) is 35.9. The van der Waals surface area contributed by atoms with E-state index in [9.17, 15) is 9.59 Å². The van der Waals surface area contributed by atoms with Gasteiger partial charge in [0.15, 0.2) is 11.6 Å².